The van der Waals surface area contributed by atoms with Gasteiger partial charge in [0.2, 0.25) is 0 Å². The monoisotopic (exact) mass is 261 g/mol. The molecular formula is C15H19NO3. The van der Waals surface area contributed by atoms with E-state index >= 15 is 0 Å². The predicted molar refractivity (Wildman–Crippen MR) is 71.6 cm³/mol. The van der Waals surface area contributed by atoms with Gasteiger partial charge in [-0.25, -0.2) is 4.79 Å². The van der Waals surface area contributed by atoms with Crippen LogP contribution in [0.15, 0.2) is 30.3 Å². The van der Waals surface area contributed by atoms with Crippen LogP contribution in [0.3, 0.4) is 0 Å². The highest BCUT2D eigenvalue weighted by atomic mass is 16.6. The van der Waals surface area contributed by atoms with E-state index in [2.05, 4.69) is 0 Å². The first-order valence-electron chi connectivity index (χ1n) is 6.61. The molecule has 0 N–H and O–H groups in total. The van der Waals surface area contributed by atoms with Crippen LogP contribution in [0, 0.1) is 5.41 Å². The van der Waals surface area contributed by atoms with Gasteiger partial charge in [0, 0.05) is 18.5 Å². The molecule has 1 heterocycles. The number of rotatable bonds is 4. The van der Waals surface area contributed by atoms with Gasteiger partial charge in [0.25, 0.3) is 0 Å². The molecule has 102 valence electrons. The Hall–Kier alpha value is -1.84. The van der Waals surface area contributed by atoms with Gasteiger partial charge >= 0.3 is 6.09 Å². The normalized spacial score (nSPS) is 22.3. The van der Waals surface area contributed by atoms with Gasteiger partial charge in [-0.1, -0.05) is 37.3 Å². The SMILES string of the molecule is CCC1(C=O)CCN(C(=O)OCc2ccccc2)C1. The summed E-state index contributed by atoms with van der Waals surface area (Å²) >= 11 is 0. The average molecular weight is 261 g/mol. The smallest absolute Gasteiger partial charge is 0.410 e. The molecular weight excluding hydrogens is 242 g/mol. The van der Waals surface area contributed by atoms with Crippen molar-refractivity contribution >= 4 is 12.4 Å². The van der Waals surface area contributed by atoms with Crippen molar-refractivity contribution in [1.82, 2.24) is 4.90 Å². The van der Waals surface area contributed by atoms with E-state index in [1.807, 2.05) is 37.3 Å². The minimum absolute atomic E-state index is 0.274. The van der Waals surface area contributed by atoms with Gasteiger partial charge in [0.15, 0.2) is 0 Å². The minimum Gasteiger partial charge on any atom is -0.445 e. The van der Waals surface area contributed by atoms with E-state index in [0.717, 1.165) is 24.7 Å². The minimum atomic E-state index is -0.369. The second-order valence-electron chi connectivity index (χ2n) is 5.05. The Bertz CT molecular complexity index is 446. The zero-order valence-electron chi connectivity index (χ0n) is 11.2. The maximum absolute atomic E-state index is 11.9. The Morgan fingerprint density at radius 3 is 2.74 bits per heavy atom. The molecule has 0 radical (unpaired) electrons. The van der Waals surface area contributed by atoms with E-state index in [9.17, 15) is 9.59 Å². The van der Waals surface area contributed by atoms with Crippen LogP contribution in [0.5, 0.6) is 0 Å². The fraction of sp³-hybridized carbons (Fsp3) is 0.467. The molecule has 0 aromatic heterocycles. The first kappa shape index (κ1) is 13.6. The molecule has 0 saturated carbocycles. The molecule has 1 atom stereocenters. The third-order valence-electron chi connectivity index (χ3n) is 3.80. The number of aldehydes is 1. The third kappa shape index (κ3) is 3.13. The highest BCUT2D eigenvalue weighted by Gasteiger charge is 2.38. The van der Waals surface area contributed by atoms with Crippen molar-refractivity contribution in [3.05, 3.63) is 35.9 Å². The van der Waals surface area contributed by atoms with Crippen molar-refractivity contribution < 1.29 is 14.3 Å². The number of benzene rings is 1. The second-order valence-corrected chi connectivity index (χ2v) is 5.05. The number of carbonyl (C=O) groups excluding carboxylic acids is 2. The van der Waals surface area contributed by atoms with Crippen molar-refractivity contribution in [2.24, 2.45) is 5.41 Å². The fourth-order valence-corrected chi connectivity index (χ4v) is 2.33. The summed E-state index contributed by atoms with van der Waals surface area (Å²) in [5, 5.41) is 0. The quantitative estimate of drug-likeness (QED) is 0.783. The number of nitrogens with zero attached hydrogens (tertiary/aromatic N) is 1. The van der Waals surface area contributed by atoms with Crippen molar-refractivity contribution in [3.8, 4) is 0 Å². The summed E-state index contributed by atoms with van der Waals surface area (Å²) in [7, 11) is 0. The zero-order valence-corrected chi connectivity index (χ0v) is 11.2. The Morgan fingerprint density at radius 1 is 1.42 bits per heavy atom. The summed E-state index contributed by atoms with van der Waals surface area (Å²) < 4.78 is 5.27. The molecule has 0 bridgehead atoms. The summed E-state index contributed by atoms with van der Waals surface area (Å²) in [4.78, 5) is 24.7. The van der Waals surface area contributed by atoms with Crippen molar-refractivity contribution in [3.63, 3.8) is 0 Å². The van der Waals surface area contributed by atoms with Gasteiger partial charge in [-0.05, 0) is 18.4 Å². The lowest BCUT2D eigenvalue weighted by atomic mass is 9.86. The van der Waals surface area contributed by atoms with Gasteiger partial charge in [0.05, 0.1) is 0 Å². The average Bonchev–Trinajstić information content (AvgIpc) is 2.91. The molecule has 1 amide bonds. The van der Waals surface area contributed by atoms with Crippen LogP contribution in [-0.2, 0) is 16.1 Å². The molecule has 2 rings (SSSR count). The van der Waals surface area contributed by atoms with Crippen LogP contribution in [0.2, 0.25) is 0 Å². The van der Waals surface area contributed by atoms with Crippen molar-refractivity contribution in [2.45, 2.75) is 26.4 Å². The van der Waals surface area contributed by atoms with Gasteiger partial charge in [-0.2, -0.15) is 0 Å². The summed E-state index contributed by atoms with van der Waals surface area (Å²) in [6.45, 7) is 3.32. The number of amides is 1. The van der Waals surface area contributed by atoms with Crippen LogP contribution in [0.4, 0.5) is 4.79 Å². The number of hydrogen-bond donors (Lipinski definition) is 0. The Balaban J connectivity index is 1.87. The molecule has 1 fully saturated rings. The van der Waals surface area contributed by atoms with Crippen molar-refractivity contribution in [1.29, 1.82) is 0 Å². The van der Waals surface area contributed by atoms with E-state index in [1.54, 1.807) is 4.90 Å². The van der Waals surface area contributed by atoms with Crippen LogP contribution < -0.4 is 0 Å². The van der Waals surface area contributed by atoms with Gasteiger partial charge < -0.3 is 14.4 Å². The molecule has 1 aliphatic rings. The number of carbonyl (C=O) groups is 2. The Morgan fingerprint density at radius 2 is 2.16 bits per heavy atom. The molecule has 1 aliphatic heterocycles. The molecule has 19 heavy (non-hydrogen) atoms. The molecule has 0 spiro atoms. The summed E-state index contributed by atoms with van der Waals surface area (Å²) in [6.07, 6.45) is 2.14. The fourth-order valence-electron chi connectivity index (χ4n) is 2.33. The molecule has 1 aromatic carbocycles. The second kappa shape index (κ2) is 5.87. The zero-order chi connectivity index (χ0) is 13.7. The summed E-state index contributed by atoms with van der Waals surface area (Å²) in [5.41, 5.74) is 0.596. The highest BCUT2D eigenvalue weighted by molar-refractivity contribution is 5.70. The molecule has 1 saturated heterocycles. The van der Waals surface area contributed by atoms with E-state index in [4.69, 9.17) is 4.74 Å². The van der Waals surface area contributed by atoms with Crippen LogP contribution in [0.1, 0.15) is 25.3 Å². The van der Waals surface area contributed by atoms with Crippen molar-refractivity contribution in [2.75, 3.05) is 13.1 Å². The summed E-state index contributed by atoms with van der Waals surface area (Å²) in [6, 6.07) is 9.57. The van der Waals surface area contributed by atoms with E-state index in [0.29, 0.717) is 13.1 Å². The Labute approximate surface area is 113 Å². The molecule has 1 unspecified atom stereocenters. The maximum Gasteiger partial charge on any atom is 0.410 e. The number of hydrogen-bond acceptors (Lipinski definition) is 3. The lowest BCUT2D eigenvalue weighted by Gasteiger charge is -2.21. The standard InChI is InChI=1S/C15H19NO3/c1-2-15(12-17)8-9-16(11-15)14(18)19-10-13-6-4-3-5-7-13/h3-7,12H,2,8-11H2,1H3. The first-order valence-corrected chi connectivity index (χ1v) is 6.61. The summed E-state index contributed by atoms with van der Waals surface area (Å²) in [5.74, 6) is 0. The van der Waals surface area contributed by atoms with Crippen LogP contribution in [-0.4, -0.2) is 30.4 Å². The number of ether oxygens (including phenoxy) is 1. The lowest BCUT2D eigenvalue weighted by Crippen LogP contribution is -2.33. The third-order valence-corrected chi connectivity index (χ3v) is 3.80. The van der Waals surface area contributed by atoms with Gasteiger partial charge in [-0.3, -0.25) is 0 Å². The van der Waals surface area contributed by atoms with E-state index in [-0.39, 0.29) is 18.1 Å². The molecule has 4 nitrogen and oxygen atoms in total. The highest BCUT2D eigenvalue weighted by Crippen LogP contribution is 2.31. The van der Waals surface area contributed by atoms with Gasteiger partial charge in [-0.15, -0.1) is 0 Å². The molecule has 4 heteroatoms. The lowest BCUT2D eigenvalue weighted by molar-refractivity contribution is -0.115. The van der Waals surface area contributed by atoms with Crippen LogP contribution in [0.25, 0.3) is 0 Å². The largest absolute Gasteiger partial charge is 0.445 e. The molecule has 1 aromatic rings. The topological polar surface area (TPSA) is 46.6 Å². The predicted octanol–water partition coefficient (Wildman–Crippen LogP) is 2.62. The van der Waals surface area contributed by atoms with E-state index < -0.39 is 0 Å². The first-order chi connectivity index (χ1) is 9.19. The number of likely N-dealkylation sites (tertiary alicyclic amines) is 1. The Kier molecular flexibility index (Phi) is 4.20. The van der Waals surface area contributed by atoms with Gasteiger partial charge in [0.1, 0.15) is 12.9 Å². The maximum atomic E-state index is 11.9. The van der Waals surface area contributed by atoms with Crippen LogP contribution >= 0.6 is 0 Å². The van der Waals surface area contributed by atoms with E-state index in [1.165, 1.54) is 0 Å². The molecule has 0 aliphatic carbocycles.